The molecule has 1 N–H and O–H groups in total. The number of para-hydroxylation sites is 1. The predicted molar refractivity (Wildman–Crippen MR) is 109 cm³/mol. The van der Waals surface area contributed by atoms with Crippen LogP contribution in [0.1, 0.15) is 17.1 Å². The molecule has 5 rings (SSSR count). The third kappa shape index (κ3) is 3.15. The smallest absolute Gasteiger partial charge is 0.144 e. The maximum absolute atomic E-state index is 4.74. The highest BCUT2D eigenvalue weighted by molar-refractivity contribution is 5.92. The Morgan fingerprint density at radius 1 is 1.11 bits per heavy atom. The van der Waals surface area contributed by atoms with Gasteiger partial charge in [0.25, 0.3) is 0 Å². The van der Waals surface area contributed by atoms with Crippen molar-refractivity contribution in [1.82, 2.24) is 24.7 Å². The summed E-state index contributed by atoms with van der Waals surface area (Å²) >= 11 is 0. The Morgan fingerprint density at radius 2 is 2.04 bits per heavy atom. The van der Waals surface area contributed by atoms with Gasteiger partial charge in [-0.2, -0.15) is 5.10 Å². The molecule has 1 aromatic carbocycles. The van der Waals surface area contributed by atoms with Crippen molar-refractivity contribution in [1.29, 1.82) is 0 Å². The molecule has 0 saturated carbocycles. The van der Waals surface area contributed by atoms with Gasteiger partial charge in [-0.25, -0.2) is 4.98 Å². The molecule has 0 unspecified atom stereocenters. The van der Waals surface area contributed by atoms with Crippen LogP contribution >= 0.6 is 0 Å². The fraction of sp³-hybridized carbons (Fsp3) is 0.238. The molecule has 28 heavy (non-hydrogen) atoms. The molecular formula is C21H21N7. The third-order valence-electron chi connectivity index (χ3n) is 5.03. The number of fused-ring (bicyclic) bond motifs is 2. The van der Waals surface area contributed by atoms with E-state index in [4.69, 9.17) is 5.10 Å². The van der Waals surface area contributed by atoms with Gasteiger partial charge in [-0.3, -0.25) is 14.6 Å². The first-order valence-electron chi connectivity index (χ1n) is 9.43. The molecule has 0 fully saturated rings. The fourth-order valence-corrected chi connectivity index (χ4v) is 3.74. The number of nitrogens with one attached hydrogen (secondary N) is 1. The van der Waals surface area contributed by atoms with E-state index in [0.717, 1.165) is 42.4 Å². The normalized spacial score (nSPS) is 13.5. The van der Waals surface area contributed by atoms with Crippen LogP contribution in [0.2, 0.25) is 0 Å². The molecule has 140 valence electrons. The molecule has 3 aromatic heterocycles. The van der Waals surface area contributed by atoms with Crippen molar-refractivity contribution in [2.75, 3.05) is 16.8 Å². The summed E-state index contributed by atoms with van der Waals surface area (Å²) in [5.74, 6) is 0.758. The van der Waals surface area contributed by atoms with Crippen molar-refractivity contribution in [3.8, 4) is 0 Å². The summed E-state index contributed by atoms with van der Waals surface area (Å²) in [5, 5.41) is 9.21. The largest absolute Gasteiger partial charge is 0.363 e. The molecule has 0 bridgehead atoms. The molecule has 4 aromatic rings. The zero-order valence-corrected chi connectivity index (χ0v) is 15.7. The number of hydrogen-bond acceptors (Lipinski definition) is 6. The van der Waals surface area contributed by atoms with Gasteiger partial charge in [0.2, 0.25) is 0 Å². The quantitative estimate of drug-likeness (QED) is 0.594. The Kier molecular flexibility index (Phi) is 4.12. The topological polar surface area (TPSA) is 71.8 Å². The Balaban J connectivity index is 1.38. The molecule has 0 saturated heterocycles. The average molecular weight is 371 g/mol. The second-order valence-electron chi connectivity index (χ2n) is 7.02. The highest BCUT2D eigenvalue weighted by Crippen LogP contribution is 2.29. The molecular weight excluding hydrogens is 350 g/mol. The van der Waals surface area contributed by atoms with Crippen LogP contribution in [0.3, 0.4) is 0 Å². The van der Waals surface area contributed by atoms with E-state index in [1.807, 2.05) is 6.07 Å². The van der Waals surface area contributed by atoms with E-state index in [1.165, 1.54) is 16.8 Å². The van der Waals surface area contributed by atoms with Crippen molar-refractivity contribution in [3.05, 3.63) is 72.1 Å². The molecule has 1 aliphatic rings. The van der Waals surface area contributed by atoms with Gasteiger partial charge in [-0.1, -0.05) is 18.2 Å². The van der Waals surface area contributed by atoms with Crippen LogP contribution in [0, 0.1) is 6.92 Å². The molecule has 0 spiro atoms. The summed E-state index contributed by atoms with van der Waals surface area (Å²) in [5.41, 5.74) is 5.57. The first-order chi connectivity index (χ1) is 13.8. The highest BCUT2D eigenvalue weighted by Gasteiger charge is 2.20. The summed E-state index contributed by atoms with van der Waals surface area (Å²) < 4.78 is 2.11. The second-order valence-corrected chi connectivity index (χ2v) is 7.02. The van der Waals surface area contributed by atoms with Gasteiger partial charge in [0.15, 0.2) is 0 Å². The Hall–Kier alpha value is -3.48. The minimum absolute atomic E-state index is 0.635. The van der Waals surface area contributed by atoms with Crippen LogP contribution in [0.25, 0.3) is 10.9 Å². The van der Waals surface area contributed by atoms with Gasteiger partial charge in [-0.05, 0) is 25.1 Å². The lowest BCUT2D eigenvalue weighted by Crippen LogP contribution is -2.34. The first-order valence-corrected chi connectivity index (χ1v) is 9.43. The zero-order valence-electron chi connectivity index (χ0n) is 15.7. The monoisotopic (exact) mass is 371 g/mol. The molecule has 0 radical (unpaired) electrons. The van der Waals surface area contributed by atoms with Crippen molar-refractivity contribution in [3.63, 3.8) is 0 Å². The Bertz CT molecular complexity index is 1120. The van der Waals surface area contributed by atoms with Crippen LogP contribution < -0.4 is 10.2 Å². The van der Waals surface area contributed by atoms with Gasteiger partial charge < -0.3 is 10.2 Å². The van der Waals surface area contributed by atoms with E-state index in [-0.39, 0.29) is 0 Å². The molecule has 4 heterocycles. The lowest BCUT2D eigenvalue weighted by molar-refractivity contribution is 0.517. The van der Waals surface area contributed by atoms with Crippen LogP contribution in [-0.4, -0.2) is 31.3 Å². The summed E-state index contributed by atoms with van der Waals surface area (Å²) in [6.45, 7) is 5.33. The number of rotatable bonds is 4. The van der Waals surface area contributed by atoms with E-state index in [0.29, 0.717) is 6.54 Å². The molecule has 0 atom stereocenters. The summed E-state index contributed by atoms with van der Waals surface area (Å²) in [6.07, 6.45) is 5.06. The van der Waals surface area contributed by atoms with Gasteiger partial charge in [-0.15, -0.1) is 0 Å². The standard InChI is InChI=1S/C21H21N7/c1-15-10-20(18-4-2-3-5-19(18)25-15)27-8-9-28-17(14-27)11-16(26-28)12-24-21-13-22-6-7-23-21/h2-7,10-11,13H,8-9,12,14H2,1H3,(H,23,24). The molecule has 7 nitrogen and oxygen atoms in total. The van der Waals surface area contributed by atoms with Crippen LogP contribution in [-0.2, 0) is 19.6 Å². The third-order valence-corrected chi connectivity index (χ3v) is 5.03. The first kappa shape index (κ1) is 16.7. The van der Waals surface area contributed by atoms with Crippen molar-refractivity contribution in [2.24, 2.45) is 0 Å². The van der Waals surface area contributed by atoms with E-state index in [2.05, 4.69) is 67.1 Å². The minimum atomic E-state index is 0.635. The molecule has 0 aliphatic carbocycles. The van der Waals surface area contributed by atoms with Crippen molar-refractivity contribution < 1.29 is 0 Å². The second kappa shape index (κ2) is 6.92. The number of hydrogen-bond donors (Lipinski definition) is 1. The minimum Gasteiger partial charge on any atom is -0.363 e. The number of aromatic nitrogens is 5. The van der Waals surface area contributed by atoms with Gasteiger partial charge in [0.05, 0.1) is 42.7 Å². The number of pyridine rings is 1. The highest BCUT2D eigenvalue weighted by atomic mass is 15.3. The number of benzene rings is 1. The van der Waals surface area contributed by atoms with Crippen molar-refractivity contribution >= 4 is 22.4 Å². The predicted octanol–water partition coefficient (Wildman–Crippen LogP) is 3.16. The van der Waals surface area contributed by atoms with Crippen LogP contribution in [0.15, 0.2) is 55.0 Å². The fourth-order valence-electron chi connectivity index (χ4n) is 3.74. The van der Waals surface area contributed by atoms with E-state index in [9.17, 15) is 0 Å². The van der Waals surface area contributed by atoms with Crippen LogP contribution in [0.4, 0.5) is 11.5 Å². The SMILES string of the molecule is Cc1cc(N2CCn3nc(CNc4cnccn4)cc3C2)c2ccccc2n1. The molecule has 7 heteroatoms. The summed E-state index contributed by atoms with van der Waals surface area (Å²) in [6, 6.07) is 12.7. The maximum Gasteiger partial charge on any atom is 0.144 e. The lowest BCUT2D eigenvalue weighted by Gasteiger charge is -2.30. The Morgan fingerprint density at radius 3 is 2.93 bits per heavy atom. The maximum atomic E-state index is 4.74. The van der Waals surface area contributed by atoms with Crippen LogP contribution in [0.5, 0.6) is 0 Å². The number of anilines is 2. The lowest BCUT2D eigenvalue weighted by atomic mass is 10.1. The molecule has 1 aliphatic heterocycles. The summed E-state index contributed by atoms with van der Waals surface area (Å²) in [7, 11) is 0. The number of nitrogens with zero attached hydrogens (tertiary/aromatic N) is 6. The van der Waals surface area contributed by atoms with E-state index in [1.54, 1.807) is 18.6 Å². The van der Waals surface area contributed by atoms with E-state index >= 15 is 0 Å². The van der Waals surface area contributed by atoms with Gasteiger partial charge >= 0.3 is 0 Å². The van der Waals surface area contributed by atoms with Crippen molar-refractivity contribution in [2.45, 2.75) is 26.6 Å². The van der Waals surface area contributed by atoms with E-state index < -0.39 is 0 Å². The molecule has 0 amide bonds. The zero-order chi connectivity index (χ0) is 18.9. The number of aryl methyl sites for hydroxylation is 1. The Labute approximate surface area is 163 Å². The average Bonchev–Trinajstić information content (AvgIpc) is 3.14. The summed E-state index contributed by atoms with van der Waals surface area (Å²) in [4.78, 5) is 15.4. The van der Waals surface area contributed by atoms with Gasteiger partial charge in [0, 0.05) is 35.7 Å². The van der Waals surface area contributed by atoms with Gasteiger partial charge in [0.1, 0.15) is 5.82 Å².